The van der Waals surface area contributed by atoms with Crippen LogP contribution in [0.25, 0.3) is 0 Å². The average molecular weight is 480 g/mol. The number of carboxylic acid groups (broad SMARTS) is 1. The Hall–Kier alpha value is -3.03. The molecule has 35 heavy (non-hydrogen) atoms. The molecule has 1 aliphatic heterocycles. The topological polar surface area (TPSA) is 89.6 Å². The summed E-state index contributed by atoms with van der Waals surface area (Å²) >= 11 is 0. The molecular weight excluding hydrogens is 444 g/mol. The molecular formula is C28H35N2O5+. The van der Waals surface area contributed by atoms with E-state index < -0.39 is 16.7 Å². The Kier molecular flexibility index (Phi) is 7.98. The molecule has 7 nitrogen and oxygen atoms in total. The largest absolute Gasteiger partial charge is 0.476 e. The fourth-order valence-electron chi connectivity index (χ4n) is 5.31. The van der Waals surface area contributed by atoms with Crippen LogP contribution < -0.4 is 0 Å². The van der Waals surface area contributed by atoms with Crippen molar-refractivity contribution in [2.75, 3.05) is 13.2 Å². The van der Waals surface area contributed by atoms with Gasteiger partial charge in [0.1, 0.15) is 18.9 Å². The van der Waals surface area contributed by atoms with Crippen LogP contribution >= 0.6 is 0 Å². The molecule has 0 spiro atoms. The van der Waals surface area contributed by atoms with Crippen molar-refractivity contribution in [1.29, 1.82) is 0 Å². The number of hydroxylamine groups is 3. The van der Waals surface area contributed by atoms with E-state index in [1.165, 1.54) is 25.3 Å². The molecule has 186 valence electrons. The van der Waals surface area contributed by atoms with Crippen molar-refractivity contribution < 1.29 is 28.6 Å². The Labute approximate surface area is 206 Å². The highest BCUT2D eigenvalue weighted by atomic mass is 16.7. The van der Waals surface area contributed by atoms with E-state index in [0.29, 0.717) is 24.3 Å². The second-order valence-corrected chi connectivity index (χ2v) is 9.41. The molecule has 2 unspecified atom stereocenters. The van der Waals surface area contributed by atoms with Gasteiger partial charge in [-0.3, -0.25) is 0 Å². The summed E-state index contributed by atoms with van der Waals surface area (Å²) in [5.41, 5.74) is 2.37. The first kappa shape index (κ1) is 25.1. The number of hydrogen-bond acceptors (Lipinski definition) is 5. The van der Waals surface area contributed by atoms with Crippen molar-refractivity contribution in [3.63, 3.8) is 0 Å². The Balaban J connectivity index is 1.58. The van der Waals surface area contributed by atoms with Gasteiger partial charge in [-0.05, 0) is 32.3 Å². The number of quaternary nitrogens is 1. The van der Waals surface area contributed by atoms with E-state index in [-0.39, 0.29) is 19.1 Å². The number of carbonyl (C=O) groups is 2. The van der Waals surface area contributed by atoms with Crippen molar-refractivity contribution in [3.05, 3.63) is 77.0 Å². The van der Waals surface area contributed by atoms with Gasteiger partial charge in [-0.1, -0.05) is 66.4 Å². The number of hydrogen-bond donors (Lipinski definition) is 1. The van der Waals surface area contributed by atoms with Gasteiger partial charge >= 0.3 is 11.9 Å². The standard InChI is InChI=1S/C28H34N2O5/c1-3-4-6-15-25(31)30(18-16-21-11-9-10-14-23(21)26(30)28(32)33)34-19-17-24-20(2)35-27(29-24)22-12-7-5-8-13-22/h3-4,6,9-11,14-15,22,26H,5,7-8,12-13,16-19H2,1-2H3/p+1. The maximum absolute atomic E-state index is 13.5. The molecule has 2 aromatic rings. The zero-order valence-corrected chi connectivity index (χ0v) is 20.6. The summed E-state index contributed by atoms with van der Waals surface area (Å²) in [4.78, 5) is 37.0. The summed E-state index contributed by atoms with van der Waals surface area (Å²) in [7, 11) is 0. The van der Waals surface area contributed by atoms with Gasteiger partial charge in [0.25, 0.3) is 0 Å². The number of amides is 1. The number of aliphatic carboxylic acids is 1. The lowest BCUT2D eigenvalue weighted by Gasteiger charge is -2.40. The average Bonchev–Trinajstić information content (AvgIpc) is 3.24. The third-order valence-electron chi connectivity index (χ3n) is 7.15. The van der Waals surface area contributed by atoms with Gasteiger partial charge in [0, 0.05) is 30.4 Å². The SMILES string of the molecule is CC=CC=CC(=O)[N+]1(OCCc2nc(C3CCCCC3)oc2C)CCc2ccccc2C1C(=O)O. The molecule has 1 saturated carbocycles. The highest BCUT2D eigenvalue weighted by molar-refractivity contribution is 5.85. The lowest BCUT2D eigenvalue weighted by Crippen LogP contribution is -2.59. The Bertz CT molecular complexity index is 1110. The normalized spacial score (nSPS) is 23.1. The van der Waals surface area contributed by atoms with Crippen LogP contribution in [-0.2, 0) is 27.3 Å². The van der Waals surface area contributed by atoms with Gasteiger partial charge in [-0.2, -0.15) is 4.84 Å². The number of oxazole rings is 1. The molecule has 1 N–H and O–H groups in total. The minimum atomic E-state index is -1.14. The minimum Gasteiger partial charge on any atom is -0.476 e. The van der Waals surface area contributed by atoms with Crippen LogP contribution in [0.3, 0.4) is 0 Å². The first-order chi connectivity index (χ1) is 17.0. The zero-order valence-electron chi connectivity index (χ0n) is 20.6. The summed E-state index contributed by atoms with van der Waals surface area (Å²) in [6.07, 6.45) is 13.5. The van der Waals surface area contributed by atoms with E-state index in [1.54, 1.807) is 24.3 Å². The number of benzene rings is 1. The van der Waals surface area contributed by atoms with Gasteiger partial charge < -0.3 is 9.52 Å². The Morgan fingerprint density at radius 2 is 1.97 bits per heavy atom. The summed E-state index contributed by atoms with van der Waals surface area (Å²) in [5, 5.41) is 10.2. The molecule has 0 saturated heterocycles. The van der Waals surface area contributed by atoms with Crippen LogP contribution in [0, 0.1) is 6.92 Å². The van der Waals surface area contributed by atoms with E-state index in [0.717, 1.165) is 35.7 Å². The number of carboxylic acids is 1. The molecule has 0 radical (unpaired) electrons. The monoisotopic (exact) mass is 479 g/mol. The molecule has 4 rings (SSSR count). The first-order valence-corrected chi connectivity index (χ1v) is 12.6. The number of allylic oxidation sites excluding steroid dienone is 3. The van der Waals surface area contributed by atoms with E-state index in [1.807, 2.05) is 32.1 Å². The third kappa shape index (κ3) is 5.31. The predicted octanol–water partition coefficient (Wildman–Crippen LogP) is 5.36. The summed E-state index contributed by atoms with van der Waals surface area (Å²) in [5.74, 6) is 0.455. The number of nitrogens with zero attached hydrogens (tertiary/aromatic N) is 2. The predicted molar refractivity (Wildman–Crippen MR) is 131 cm³/mol. The van der Waals surface area contributed by atoms with Crippen LogP contribution in [0.2, 0.25) is 0 Å². The van der Waals surface area contributed by atoms with Crippen molar-refractivity contribution in [2.45, 2.75) is 70.8 Å². The van der Waals surface area contributed by atoms with Crippen LogP contribution in [0.4, 0.5) is 0 Å². The van der Waals surface area contributed by atoms with Crippen molar-refractivity contribution in [3.8, 4) is 0 Å². The van der Waals surface area contributed by atoms with Gasteiger partial charge in [0.2, 0.25) is 6.04 Å². The number of carbonyl (C=O) groups excluding carboxylic acids is 1. The summed E-state index contributed by atoms with van der Waals surface area (Å²) in [6, 6.07) is 6.26. The molecule has 1 aromatic carbocycles. The molecule has 2 atom stereocenters. The Morgan fingerprint density at radius 3 is 2.71 bits per heavy atom. The van der Waals surface area contributed by atoms with Crippen molar-refractivity contribution >= 4 is 11.9 Å². The lowest BCUT2D eigenvalue weighted by molar-refractivity contribution is -1.06. The van der Waals surface area contributed by atoms with Gasteiger partial charge in [-0.25, -0.2) is 14.6 Å². The molecule has 0 bridgehead atoms. The number of rotatable bonds is 8. The molecule has 2 aliphatic rings. The van der Waals surface area contributed by atoms with Crippen molar-refractivity contribution in [1.82, 2.24) is 4.98 Å². The van der Waals surface area contributed by atoms with Crippen molar-refractivity contribution in [2.24, 2.45) is 0 Å². The quantitative estimate of drug-likeness (QED) is 0.311. The zero-order chi connectivity index (χ0) is 24.8. The Morgan fingerprint density at radius 1 is 1.20 bits per heavy atom. The van der Waals surface area contributed by atoms with Gasteiger partial charge in [-0.15, -0.1) is 0 Å². The molecule has 7 heteroatoms. The van der Waals surface area contributed by atoms with Crippen LogP contribution in [0.5, 0.6) is 0 Å². The maximum atomic E-state index is 13.5. The van der Waals surface area contributed by atoms with Crippen LogP contribution in [-0.4, -0.2) is 39.8 Å². The highest BCUT2D eigenvalue weighted by Crippen LogP contribution is 2.38. The lowest BCUT2D eigenvalue weighted by atomic mass is 9.89. The first-order valence-electron chi connectivity index (χ1n) is 12.6. The molecule has 1 aliphatic carbocycles. The fourth-order valence-corrected chi connectivity index (χ4v) is 5.31. The third-order valence-corrected chi connectivity index (χ3v) is 7.15. The number of aromatic nitrogens is 1. The van der Waals surface area contributed by atoms with E-state index >= 15 is 0 Å². The second kappa shape index (κ2) is 11.1. The minimum absolute atomic E-state index is 0.159. The maximum Gasteiger partial charge on any atom is 0.371 e. The number of aryl methyl sites for hydroxylation is 1. The highest BCUT2D eigenvalue weighted by Gasteiger charge is 2.54. The van der Waals surface area contributed by atoms with E-state index in [4.69, 9.17) is 14.2 Å². The number of fused-ring (bicyclic) bond motifs is 1. The molecule has 1 aromatic heterocycles. The second-order valence-electron chi connectivity index (χ2n) is 9.41. The fraction of sp³-hybridized carbons (Fsp3) is 0.464. The summed E-state index contributed by atoms with van der Waals surface area (Å²) < 4.78 is 5.38. The van der Waals surface area contributed by atoms with Gasteiger partial charge in [0.15, 0.2) is 5.89 Å². The summed E-state index contributed by atoms with van der Waals surface area (Å²) in [6.45, 7) is 4.17. The van der Waals surface area contributed by atoms with E-state index in [2.05, 4.69) is 0 Å². The van der Waals surface area contributed by atoms with Crippen LogP contribution in [0.1, 0.15) is 79.5 Å². The molecule has 1 fully saturated rings. The van der Waals surface area contributed by atoms with Gasteiger partial charge in [0.05, 0.1) is 5.69 Å². The van der Waals surface area contributed by atoms with E-state index in [9.17, 15) is 14.7 Å². The smallest absolute Gasteiger partial charge is 0.371 e. The molecule has 2 heterocycles. The molecule has 1 amide bonds. The van der Waals surface area contributed by atoms with Crippen LogP contribution in [0.15, 0.2) is 53.0 Å².